The van der Waals surface area contributed by atoms with Crippen LogP contribution >= 0.6 is 15.9 Å². The van der Waals surface area contributed by atoms with Gasteiger partial charge in [-0.2, -0.15) is 22.0 Å². The first kappa shape index (κ1) is 22.0. The second-order valence-corrected chi connectivity index (χ2v) is 13.9. The summed E-state index contributed by atoms with van der Waals surface area (Å²) in [7, 11) is -1.35. The smallest absolute Gasteiger partial charge is 0.361 e. The van der Waals surface area contributed by atoms with Gasteiger partial charge in [-0.15, -0.1) is 0 Å². The summed E-state index contributed by atoms with van der Waals surface area (Å²) in [5, 5.41) is 0. The molecule has 0 bridgehead atoms. The van der Waals surface area contributed by atoms with E-state index in [4.69, 9.17) is 4.74 Å². The van der Waals surface area contributed by atoms with Crippen molar-refractivity contribution in [2.45, 2.75) is 44.5 Å². The van der Waals surface area contributed by atoms with Crippen molar-refractivity contribution in [3.8, 4) is 11.4 Å². The number of hydrogen-bond donors (Lipinski definition) is 0. The molecule has 10 heteroatoms. The Labute approximate surface area is 163 Å². The van der Waals surface area contributed by atoms with Gasteiger partial charge in [-0.25, -0.2) is 4.98 Å². The van der Waals surface area contributed by atoms with Gasteiger partial charge in [0.2, 0.25) is 0 Å². The Morgan fingerprint density at radius 3 is 2.19 bits per heavy atom. The highest BCUT2D eigenvalue weighted by Gasteiger charge is 2.60. The number of hydrogen-bond acceptors (Lipinski definition) is 2. The van der Waals surface area contributed by atoms with Crippen molar-refractivity contribution in [3.05, 3.63) is 40.6 Å². The van der Waals surface area contributed by atoms with Crippen LogP contribution in [-0.4, -0.2) is 30.4 Å². The van der Waals surface area contributed by atoms with E-state index in [-0.39, 0.29) is 12.6 Å². The lowest BCUT2D eigenvalue weighted by atomic mass is 10.2. The number of benzene rings is 1. The van der Waals surface area contributed by atoms with Crippen LogP contribution in [0.1, 0.15) is 5.69 Å². The molecule has 0 atom stereocenters. The highest BCUT2D eigenvalue weighted by molar-refractivity contribution is 9.10. The third kappa shape index (κ3) is 5.61. The summed E-state index contributed by atoms with van der Waals surface area (Å²) in [4.78, 5) is 3.58. The molecular formula is C17H20BrF5N2OSi. The van der Waals surface area contributed by atoms with Gasteiger partial charge in [0.05, 0.1) is 0 Å². The summed E-state index contributed by atoms with van der Waals surface area (Å²) in [5.41, 5.74) is -0.932. The minimum Gasteiger partial charge on any atom is -0.361 e. The molecule has 150 valence electrons. The quantitative estimate of drug-likeness (QED) is 0.270. The van der Waals surface area contributed by atoms with Crippen molar-refractivity contribution in [2.24, 2.45) is 0 Å². The fourth-order valence-corrected chi connectivity index (χ4v) is 3.20. The number of ether oxygens (including phenoxy) is 1. The fraction of sp³-hybridized carbons (Fsp3) is 0.471. The Hall–Kier alpha value is -1.26. The molecule has 0 aliphatic heterocycles. The number of aromatic nitrogens is 2. The molecule has 27 heavy (non-hydrogen) atoms. The summed E-state index contributed by atoms with van der Waals surface area (Å²) in [6.07, 6.45) is -5.01. The Kier molecular flexibility index (Phi) is 6.53. The maximum atomic E-state index is 13.7. The molecule has 1 aromatic heterocycles. The van der Waals surface area contributed by atoms with Gasteiger partial charge in [-0.1, -0.05) is 47.7 Å². The molecule has 1 aromatic carbocycles. The monoisotopic (exact) mass is 470 g/mol. The molecular weight excluding hydrogens is 451 g/mol. The largest absolute Gasteiger partial charge is 0.459 e. The molecule has 0 fully saturated rings. The minimum atomic E-state index is -5.72. The maximum Gasteiger partial charge on any atom is 0.459 e. The van der Waals surface area contributed by atoms with Crippen molar-refractivity contribution in [3.63, 3.8) is 0 Å². The normalized spacial score (nSPS) is 13.2. The highest BCUT2D eigenvalue weighted by atomic mass is 79.9. The molecule has 0 saturated carbocycles. The second kappa shape index (κ2) is 8.00. The van der Waals surface area contributed by atoms with Crippen molar-refractivity contribution in [2.75, 3.05) is 6.61 Å². The average Bonchev–Trinajstić information content (AvgIpc) is 2.95. The fourth-order valence-electron chi connectivity index (χ4n) is 2.18. The first-order valence-electron chi connectivity index (χ1n) is 8.17. The van der Waals surface area contributed by atoms with E-state index in [9.17, 15) is 22.0 Å². The van der Waals surface area contributed by atoms with Crippen molar-refractivity contribution in [1.82, 2.24) is 9.55 Å². The predicted octanol–water partition coefficient (Wildman–Crippen LogP) is 6.28. The molecule has 0 radical (unpaired) electrons. The van der Waals surface area contributed by atoms with Gasteiger partial charge >= 0.3 is 12.1 Å². The topological polar surface area (TPSA) is 27.1 Å². The average molecular weight is 471 g/mol. The number of halogens is 6. The van der Waals surface area contributed by atoms with E-state index in [1.165, 1.54) is 4.57 Å². The number of nitrogens with zero attached hydrogens (tertiary/aromatic N) is 2. The van der Waals surface area contributed by atoms with Gasteiger partial charge in [0.15, 0.2) is 0 Å². The van der Waals surface area contributed by atoms with Gasteiger partial charge in [0.25, 0.3) is 0 Å². The molecule has 0 amide bonds. The number of imidazole rings is 1. The SMILES string of the molecule is C[Si](C)(C)CCOCn1cc(C(F)(F)C(F)(F)F)nc1-c1ccc(Br)cc1. The first-order valence-corrected chi connectivity index (χ1v) is 12.7. The van der Waals surface area contributed by atoms with Crippen LogP contribution < -0.4 is 0 Å². The van der Waals surface area contributed by atoms with Gasteiger partial charge in [0, 0.05) is 30.9 Å². The summed E-state index contributed by atoms with van der Waals surface area (Å²) in [6.45, 7) is 6.71. The molecule has 0 N–H and O–H groups in total. The first-order chi connectivity index (χ1) is 12.3. The minimum absolute atomic E-state index is 0.00516. The Morgan fingerprint density at radius 2 is 1.67 bits per heavy atom. The van der Waals surface area contributed by atoms with Gasteiger partial charge in [-0.3, -0.25) is 0 Å². The molecule has 0 spiro atoms. The van der Waals surface area contributed by atoms with Crippen molar-refractivity contribution >= 4 is 24.0 Å². The van der Waals surface area contributed by atoms with Gasteiger partial charge in [-0.05, 0) is 18.2 Å². The summed E-state index contributed by atoms with van der Waals surface area (Å²) >= 11 is 3.25. The maximum absolute atomic E-state index is 13.7. The van der Waals surface area contributed by atoms with Crippen LogP contribution in [0.15, 0.2) is 34.9 Å². The van der Waals surface area contributed by atoms with Crippen molar-refractivity contribution in [1.29, 1.82) is 0 Å². The van der Waals surface area contributed by atoms with E-state index >= 15 is 0 Å². The third-order valence-electron chi connectivity index (χ3n) is 3.78. The second-order valence-electron chi connectivity index (χ2n) is 7.35. The van der Waals surface area contributed by atoms with Crippen LogP contribution in [0.3, 0.4) is 0 Å². The predicted molar refractivity (Wildman–Crippen MR) is 99.4 cm³/mol. The highest BCUT2D eigenvalue weighted by Crippen LogP contribution is 2.44. The molecule has 3 nitrogen and oxygen atoms in total. The van der Waals surface area contributed by atoms with Gasteiger partial charge < -0.3 is 9.30 Å². The van der Waals surface area contributed by atoms with E-state index in [0.29, 0.717) is 18.4 Å². The molecule has 1 heterocycles. The lowest BCUT2D eigenvalue weighted by molar-refractivity contribution is -0.290. The zero-order chi connectivity index (χ0) is 20.5. The molecule has 0 saturated heterocycles. The van der Waals surface area contributed by atoms with Crippen LogP contribution in [0, 0.1) is 0 Å². The third-order valence-corrected chi connectivity index (χ3v) is 6.02. The molecule has 0 aliphatic rings. The lowest BCUT2D eigenvalue weighted by Gasteiger charge is -2.17. The van der Waals surface area contributed by atoms with Crippen molar-refractivity contribution < 1.29 is 26.7 Å². The van der Waals surface area contributed by atoms with E-state index < -0.39 is 25.9 Å². The standard InChI is InChI=1S/C17H20BrF5N2OSi/c1-27(2,3)9-8-26-11-25-10-14(16(19,20)17(21,22)23)24-15(25)12-4-6-13(18)7-5-12/h4-7,10H,8-9,11H2,1-3H3. The van der Waals surface area contributed by atoms with E-state index in [1.54, 1.807) is 24.3 Å². The summed E-state index contributed by atoms with van der Waals surface area (Å²) < 4.78 is 73.1. The summed E-state index contributed by atoms with van der Waals surface area (Å²) in [6, 6.07) is 7.33. The molecule has 0 unspecified atom stereocenters. The van der Waals surface area contributed by atoms with Crippen LogP contribution in [0.2, 0.25) is 25.7 Å². The lowest BCUT2D eigenvalue weighted by Crippen LogP contribution is -2.34. The Bertz CT molecular complexity index is 769. The van der Waals surface area contributed by atoms with Crippen LogP contribution in [-0.2, 0) is 17.4 Å². The van der Waals surface area contributed by atoms with E-state index in [0.717, 1.165) is 10.5 Å². The van der Waals surface area contributed by atoms with Crippen LogP contribution in [0.5, 0.6) is 0 Å². The summed E-state index contributed by atoms with van der Waals surface area (Å²) in [5.74, 6) is -5.05. The molecule has 2 aromatic rings. The molecule has 2 rings (SSSR count). The zero-order valence-corrected chi connectivity index (χ0v) is 17.7. The Morgan fingerprint density at radius 1 is 1.07 bits per heavy atom. The van der Waals surface area contributed by atoms with Crippen LogP contribution in [0.4, 0.5) is 22.0 Å². The number of rotatable bonds is 7. The van der Waals surface area contributed by atoms with E-state index in [1.807, 2.05) is 0 Å². The zero-order valence-electron chi connectivity index (χ0n) is 15.1. The number of alkyl halides is 5. The van der Waals surface area contributed by atoms with E-state index in [2.05, 4.69) is 40.6 Å². The Balaban J connectivity index is 2.33. The van der Waals surface area contributed by atoms with Crippen LogP contribution in [0.25, 0.3) is 11.4 Å². The molecule has 0 aliphatic carbocycles. The van der Waals surface area contributed by atoms with Gasteiger partial charge in [0.1, 0.15) is 18.2 Å².